The molecule has 1 aromatic carbocycles. The zero-order chi connectivity index (χ0) is 19.8. The summed E-state index contributed by atoms with van der Waals surface area (Å²) in [6.45, 7) is 1.58. The third-order valence-corrected chi connectivity index (χ3v) is 4.30. The highest BCUT2D eigenvalue weighted by Gasteiger charge is 2.26. The van der Waals surface area contributed by atoms with Crippen LogP contribution >= 0.6 is 0 Å². The molecule has 0 radical (unpaired) electrons. The number of nitrogens with one attached hydrogen (secondary N) is 2. The van der Waals surface area contributed by atoms with Crippen LogP contribution in [0, 0.1) is 12.3 Å². The summed E-state index contributed by atoms with van der Waals surface area (Å²) in [6.07, 6.45) is 7.99. The maximum absolute atomic E-state index is 12.2. The van der Waals surface area contributed by atoms with E-state index in [2.05, 4.69) is 31.4 Å². The van der Waals surface area contributed by atoms with Crippen molar-refractivity contribution >= 4 is 17.6 Å². The van der Waals surface area contributed by atoms with E-state index >= 15 is 0 Å². The molecule has 2 N–H and O–H groups in total. The third kappa shape index (κ3) is 5.24. The number of hydrogen-bond acceptors (Lipinski definition) is 4. The topological polar surface area (TPSA) is 78.9 Å². The van der Waals surface area contributed by atoms with Crippen LogP contribution in [0.2, 0.25) is 0 Å². The van der Waals surface area contributed by atoms with Gasteiger partial charge in [-0.05, 0) is 24.3 Å². The van der Waals surface area contributed by atoms with Crippen molar-refractivity contribution in [3.05, 3.63) is 54.2 Å². The van der Waals surface area contributed by atoms with E-state index in [1.54, 1.807) is 25.4 Å². The summed E-state index contributed by atoms with van der Waals surface area (Å²) in [5.74, 6) is 3.66. The Kier molecular flexibility index (Phi) is 6.47. The van der Waals surface area contributed by atoms with Gasteiger partial charge < -0.3 is 20.3 Å². The number of anilines is 1. The zero-order valence-electron chi connectivity index (χ0n) is 15.8. The first kappa shape index (κ1) is 19.2. The lowest BCUT2D eigenvalue weighted by Gasteiger charge is -2.21. The van der Waals surface area contributed by atoms with Crippen LogP contribution in [0.5, 0.6) is 5.88 Å². The monoisotopic (exact) mass is 377 g/mol. The number of likely N-dealkylation sites (tertiary alicyclic amines) is 1. The Labute approximate surface area is 164 Å². The zero-order valence-corrected chi connectivity index (χ0v) is 15.8. The summed E-state index contributed by atoms with van der Waals surface area (Å²) in [5, 5.41) is 5.92. The van der Waals surface area contributed by atoms with Crippen molar-refractivity contribution in [2.75, 3.05) is 32.0 Å². The van der Waals surface area contributed by atoms with E-state index < -0.39 is 0 Å². The number of aliphatic imine (C=N–C) groups is 1. The Balaban J connectivity index is 1.48. The van der Waals surface area contributed by atoms with Crippen LogP contribution in [-0.2, 0) is 4.79 Å². The highest BCUT2D eigenvalue weighted by molar-refractivity contribution is 5.95. The molecule has 0 bridgehead atoms. The van der Waals surface area contributed by atoms with Crippen LogP contribution in [-0.4, -0.2) is 54.5 Å². The molecule has 2 aromatic rings. The van der Waals surface area contributed by atoms with Crippen LogP contribution in [0.3, 0.4) is 0 Å². The van der Waals surface area contributed by atoms with Gasteiger partial charge in [0.25, 0.3) is 0 Å². The van der Waals surface area contributed by atoms with Crippen molar-refractivity contribution in [1.82, 2.24) is 15.2 Å². The van der Waals surface area contributed by atoms with Gasteiger partial charge in [0.15, 0.2) is 5.96 Å². The summed E-state index contributed by atoms with van der Waals surface area (Å²) in [5.41, 5.74) is 1.39. The minimum Gasteiger partial charge on any atom is -0.472 e. The van der Waals surface area contributed by atoms with Crippen molar-refractivity contribution < 1.29 is 9.53 Å². The number of aromatic nitrogens is 1. The van der Waals surface area contributed by atoms with E-state index in [0.29, 0.717) is 24.1 Å². The minimum absolute atomic E-state index is 0.0359. The second kappa shape index (κ2) is 9.42. The molecule has 0 spiro atoms. The van der Waals surface area contributed by atoms with Crippen molar-refractivity contribution in [3.63, 3.8) is 0 Å². The molecule has 1 saturated heterocycles. The van der Waals surface area contributed by atoms with Gasteiger partial charge in [-0.15, -0.1) is 6.42 Å². The molecular weight excluding hydrogens is 354 g/mol. The first-order valence-electron chi connectivity index (χ1n) is 9.07. The number of guanidine groups is 1. The number of hydrogen-bond donors (Lipinski definition) is 2. The smallest absolute Gasteiger partial charge is 0.243 e. The predicted octanol–water partition coefficient (Wildman–Crippen LogP) is 1.73. The summed E-state index contributed by atoms with van der Waals surface area (Å²) in [7, 11) is 1.70. The van der Waals surface area contributed by atoms with Crippen LogP contribution in [0.1, 0.15) is 12.0 Å². The van der Waals surface area contributed by atoms with Crippen molar-refractivity contribution in [2.24, 2.45) is 4.99 Å². The van der Waals surface area contributed by atoms with Crippen molar-refractivity contribution in [2.45, 2.75) is 12.5 Å². The number of amides is 1. The molecule has 1 amide bonds. The van der Waals surface area contributed by atoms with E-state index in [4.69, 9.17) is 11.2 Å². The molecule has 3 rings (SSSR count). The molecular formula is C21H23N5O2. The van der Waals surface area contributed by atoms with E-state index in [1.807, 2.05) is 30.3 Å². The maximum atomic E-state index is 12.2. The Hall–Kier alpha value is -3.53. The quantitative estimate of drug-likeness (QED) is 0.471. The van der Waals surface area contributed by atoms with Crippen molar-refractivity contribution in [3.8, 4) is 18.2 Å². The predicted molar refractivity (Wildman–Crippen MR) is 109 cm³/mol. The number of carbonyl (C=O) groups is 1. The average Bonchev–Trinajstić information content (AvgIpc) is 3.17. The Bertz CT molecular complexity index is 876. The van der Waals surface area contributed by atoms with E-state index in [9.17, 15) is 4.79 Å². The lowest BCUT2D eigenvalue weighted by Crippen LogP contribution is -2.43. The SMILES string of the molecule is C#Cc1cccc(NC(=O)CNC(=NC)N2CCC(Oc3ccccn3)C2)c1. The maximum Gasteiger partial charge on any atom is 0.243 e. The molecule has 1 atom stereocenters. The molecule has 0 saturated carbocycles. The fourth-order valence-electron chi connectivity index (χ4n) is 2.99. The molecule has 28 heavy (non-hydrogen) atoms. The van der Waals surface area contributed by atoms with E-state index in [0.717, 1.165) is 18.5 Å². The Morgan fingerprint density at radius 2 is 2.29 bits per heavy atom. The van der Waals surface area contributed by atoms with Crippen molar-refractivity contribution in [1.29, 1.82) is 0 Å². The van der Waals surface area contributed by atoms with Crippen LogP contribution in [0.25, 0.3) is 0 Å². The Morgan fingerprint density at radius 1 is 1.39 bits per heavy atom. The first-order chi connectivity index (χ1) is 13.7. The lowest BCUT2D eigenvalue weighted by molar-refractivity contribution is -0.115. The second-order valence-electron chi connectivity index (χ2n) is 6.32. The van der Waals surface area contributed by atoms with Gasteiger partial charge in [-0.25, -0.2) is 4.98 Å². The van der Waals surface area contributed by atoms with Gasteiger partial charge in [-0.1, -0.05) is 18.1 Å². The van der Waals surface area contributed by atoms with Gasteiger partial charge in [0, 0.05) is 43.5 Å². The summed E-state index contributed by atoms with van der Waals surface area (Å²) in [6, 6.07) is 12.8. The summed E-state index contributed by atoms with van der Waals surface area (Å²) < 4.78 is 5.90. The molecule has 1 aromatic heterocycles. The van der Waals surface area contributed by atoms with Crippen LogP contribution < -0.4 is 15.4 Å². The molecule has 7 heteroatoms. The van der Waals surface area contributed by atoms with E-state index in [-0.39, 0.29) is 18.6 Å². The van der Waals surface area contributed by atoms with Crippen LogP contribution in [0.15, 0.2) is 53.7 Å². The summed E-state index contributed by atoms with van der Waals surface area (Å²) in [4.78, 5) is 22.8. The highest BCUT2D eigenvalue weighted by Crippen LogP contribution is 2.16. The molecule has 7 nitrogen and oxygen atoms in total. The molecule has 1 unspecified atom stereocenters. The van der Waals surface area contributed by atoms with Gasteiger partial charge >= 0.3 is 0 Å². The molecule has 2 heterocycles. The van der Waals surface area contributed by atoms with Gasteiger partial charge in [-0.3, -0.25) is 9.79 Å². The van der Waals surface area contributed by atoms with Gasteiger partial charge in [0.2, 0.25) is 11.8 Å². The molecule has 1 aliphatic heterocycles. The second-order valence-corrected chi connectivity index (χ2v) is 6.32. The molecule has 144 valence electrons. The van der Waals surface area contributed by atoms with Gasteiger partial charge in [0.05, 0.1) is 13.1 Å². The van der Waals surface area contributed by atoms with Gasteiger partial charge in [-0.2, -0.15) is 0 Å². The normalized spacial score (nSPS) is 16.4. The average molecular weight is 377 g/mol. The number of rotatable bonds is 5. The number of carbonyl (C=O) groups excluding carboxylic acids is 1. The lowest BCUT2D eigenvalue weighted by atomic mass is 10.2. The number of nitrogens with zero attached hydrogens (tertiary/aromatic N) is 3. The molecule has 0 aliphatic carbocycles. The van der Waals surface area contributed by atoms with Gasteiger partial charge in [0.1, 0.15) is 6.10 Å². The molecule has 1 aliphatic rings. The Morgan fingerprint density at radius 3 is 3.04 bits per heavy atom. The number of pyridine rings is 1. The van der Waals surface area contributed by atoms with E-state index in [1.165, 1.54) is 0 Å². The largest absolute Gasteiger partial charge is 0.472 e. The third-order valence-electron chi connectivity index (χ3n) is 4.30. The first-order valence-corrected chi connectivity index (χ1v) is 9.07. The standard InChI is InChI=1S/C21H23N5O2/c1-3-16-7-6-8-17(13-16)25-19(27)14-24-21(22-2)26-12-10-18(15-26)28-20-9-4-5-11-23-20/h1,4-9,11,13,18H,10,12,14-15H2,2H3,(H,22,24)(H,25,27). The van der Waals surface area contributed by atoms with Crippen LogP contribution in [0.4, 0.5) is 5.69 Å². The number of ether oxygens (including phenoxy) is 1. The highest BCUT2D eigenvalue weighted by atomic mass is 16.5. The summed E-state index contributed by atoms with van der Waals surface area (Å²) >= 11 is 0. The fourth-order valence-corrected chi connectivity index (χ4v) is 2.99. The number of terminal acetylenes is 1. The minimum atomic E-state index is -0.171. The molecule has 1 fully saturated rings. The number of benzene rings is 1. The fraction of sp³-hybridized carbons (Fsp3) is 0.286.